The van der Waals surface area contributed by atoms with Gasteiger partial charge in [-0.05, 0) is 19.3 Å². The van der Waals surface area contributed by atoms with Crippen LogP contribution in [0.15, 0.2) is 0 Å². The van der Waals surface area contributed by atoms with Crippen molar-refractivity contribution < 1.29 is 4.79 Å². The van der Waals surface area contributed by atoms with E-state index in [9.17, 15) is 4.79 Å². The molecule has 0 saturated carbocycles. The Morgan fingerprint density at radius 2 is 1.85 bits per heavy atom. The Hall–Kier alpha value is -1.34. The molecule has 1 amide bonds. The number of aromatic nitrogens is 2. The van der Waals surface area contributed by atoms with Crippen LogP contribution in [0.3, 0.4) is 0 Å². The first kappa shape index (κ1) is 18.0. The summed E-state index contributed by atoms with van der Waals surface area (Å²) in [5, 5.41) is 2.93. The van der Waals surface area contributed by atoms with Gasteiger partial charge in [0.05, 0.1) is 0 Å². The Morgan fingerprint density at radius 1 is 1.12 bits per heavy atom. The summed E-state index contributed by atoms with van der Waals surface area (Å²) in [6.07, 6.45) is 3.21. The fraction of sp³-hybridized carbons (Fsp3) is 0.737. The first-order valence-electron chi connectivity index (χ1n) is 9.89. The van der Waals surface area contributed by atoms with E-state index in [0.717, 1.165) is 36.7 Å². The molecule has 7 heteroatoms. The molecule has 4 heterocycles. The zero-order valence-electron chi connectivity index (χ0n) is 15.8. The summed E-state index contributed by atoms with van der Waals surface area (Å²) >= 11 is 2.07. The Morgan fingerprint density at radius 3 is 2.54 bits per heavy atom. The number of thioether (sulfide) groups is 1. The van der Waals surface area contributed by atoms with Crippen molar-refractivity contribution in [2.45, 2.75) is 45.1 Å². The molecule has 0 aromatic carbocycles. The molecule has 6 nitrogen and oxygen atoms in total. The second kappa shape index (κ2) is 7.72. The number of nitrogens with one attached hydrogen (secondary N) is 1. The van der Waals surface area contributed by atoms with Crippen LogP contribution in [0.5, 0.6) is 0 Å². The van der Waals surface area contributed by atoms with Gasteiger partial charge in [-0.1, -0.05) is 13.8 Å². The molecule has 142 valence electrons. The molecule has 26 heavy (non-hydrogen) atoms. The van der Waals surface area contributed by atoms with Crippen LogP contribution in [0, 0.1) is 0 Å². The zero-order valence-corrected chi connectivity index (χ0v) is 16.6. The monoisotopic (exact) mass is 375 g/mol. The minimum atomic E-state index is -0.0440. The average Bonchev–Trinajstić information content (AvgIpc) is 2.68. The summed E-state index contributed by atoms with van der Waals surface area (Å²) in [4.78, 5) is 26.9. The van der Waals surface area contributed by atoms with Gasteiger partial charge in [0.1, 0.15) is 17.3 Å². The standard InChI is InChI=1S/C19H29N5OS/c1-13(2)17-21-16-15(3-6-20-19(16)25)18(22-17)24-7-4-14(5-8-24)23-9-11-26-12-10-23/h13-14H,3-12H2,1-2H3,(H,20,25). The van der Waals surface area contributed by atoms with Crippen LogP contribution in [0.2, 0.25) is 0 Å². The van der Waals surface area contributed by atoms with Crippen LogP contribution in [-0.2, 0) is 6.42 Å². The maximum Gasteiger partial charge on any atom is 0.270 e. The molecule has 0 atom stereocenters. The van der Waals surface area contributed by atoms with Gasteiger partial charge in [-0.3, -0.25) is 9.69 Å². The molecule has 0 radical (unpaired) electrons. The SMILES string of the molecule is CC(C)c1nc2c(c(N3CCC(N4CCSCC4)CC3)n1)CCNC2=O. The van der Waals surface area contributed by atoms with Crippen LogP contribution >= 0.6 is 11.8 Å². The average molecular weight is 376 g/mol. The summed E-state index contributed by atoms with van der Waals surface area (Å²) in [6, 6.07) is 0.706. The van der Waals surface area contributed by atoms with Crippen molar-refractivity contribution in [3.63, 3.8) is 0 Å². The third-order valence-electron chi connectivity index (χ3n) is 5.72. The first-order chi connectivity index (χ1) is 12.6. The number of rotatable bonds is 3. The predicted molar refractivity (Wildman–Crippen MR) is 106 cm³/mol. The minimum absolute atomic E-state index is 0.0440. The number of anilines is 1. The molecular formula is C19H29N5OS. The Labute approximate surface area is 160 Å². The highest BCUT2D eigenvalue weighted by Crippen LogP contribution is 2.29. The predicted octanol–water partition coefficient (Wildman–Crippen LogP) is 1.90. The first-order valence-corrected chi connectivity index (χ1v) is 11.0. The Kier molecular flexibility index (Phi) is 5.36. The van der Waals surface area contributed by atoms with Crippen molar-refractivity contribution in [3.05, 3.63) is 17.1 Å². The number of hydrogen-bond acceptors (Lipinski definition) is 6. The van der Waals surface area contributed by atoms with Gasteiger partial charge >= 0.3 is 0 Å². The molecule has 2 fully saturated rings. The lowest BCUT2D eigenvalue weighted by atomic mass is 10.00. The van der Waals surface area contributed by atoms with E-state index >= 15 is 0 Å². The number of fused-ring (bicyclic) bond motifs is 1. The second-order valence-corrected chi connectivity index (χ2v) is 8.98. The van der Waals surface area contributed by atoms with Crippen molar-refractivity contribution >= 4 is 23.5 Å². The van der Waals surface area contributed by atoms with E-state index in [1.807, 2.05) is 0 Å². The normalized spacial score (nSPS) is 22.4. The van der Waals surface area contributed by atoms with E-state index < -0.39 is 0 Å². The highest BCUT2D eigenvalue weighted by atomic mass is 32.2. The van der Waals surface area contributed by atoms with Crippen molar-refractivity contribution in [2.24, 2.45) is 0 Å². The summed E-state index contributed by atoms with van der Waals surface area (Å²) in [7, 11) is 0. The van der Waals surface area contributed by atoms with Gasteiger partial charge in [-0.15, -0.1) is 0 Å². The van der Waals surface area contributed by atoms with E-state index in [1.54, 1.807) is 0 Å². The summed E-state index contributed by atoms with van der Waals surface area (Å²) in [5.74, 6) is 4.51. The van der Waals surface area contributed by atoms with Gasteiger partial charge in [0, 0.05) is 61.8 Å². The largest absolute Gasteiger partial charge is 0.356 e. The molecule has 2 saturated heterocycles. The fourth-order valence-corrected chi connectivity index (χ4v) is 5.13. The van der Waals surface area contributed by atoms with Gasteiger partial charge in [0.25, 0.3) is 5.91 Å². The Balaban J connectivity index is 1.55. The van der Waals surface area contributed by atoms with E-state index in [2.05, 4.69) is 45.7 Å². The number of nitrogens with zero attached hydrogens (tertiary/aromatic N) is 4. The highest BCUT2D eigenvalue weighted by molar-refractivity contribution is 7.99. The molecule has 1 aromatic rings. The van der Waals surface area contributed by atoms with Crippen LogP contribution in [0.4, 0.5) is 5.82 Å². The number of carbonyl (C=O) groups is 1. The lowest BCUT2D eigenvalue weighted by Gasteiger charge is -2.41. The van der Waals surface area contributed by atoms with Crippen molar-refractivity contribution in [3.8, 4) is 0 Å². The van der Waals surface area contributed by atoms with Crippen LogP contribution in [0.25, 0.3) is 0 Å². The Bertz CT molecular complexity index is 666. The maximum absolute atomic E-state index is 12.3. The molecular weight excluding hydrogens is 346 g/mol. The molecule has 0 aliphatic carbocycles. The van der Waals surface area contributed by atoms with Gasteiger partial charge in [0.2, 0.25) is 0 Å². The number of carbonyl (C=O) groups excluding carboxylic acids is 1. The lowest BCUT2D eigenvalue weighted by Crippen LogP contribution is -2.48. The molecule has 1 N–H and O–H groups in total. The van der Waals surface area contributed by atoms with E-state index in [1.165, 1.54) is 37.4 Å². The fourth-order valence-electron chi connectivity index (χ4n) is 4.20. The third kappa shape index (κ3) is 3.56. The van der Waals surface area contributed by atoms with Crippen LogP contribution < -0.4 is 10.2 Å². The molecule has 4 rings (SSSR count). The summed E-state index contributed by atoms with van der Waals surface area (Å²) in [5.41, 5.74) is 1.64. The smallest absolute Gasteiger partial charge is 0.270 e. The lowest BCUT2D eigenvalue weighted by molar-refractivity contribution is 0.0940. The molecule has 3 aliphatic rings. The molecule has 3 aliphatic heterocycles. The topological polar surface area (TPSA) is 61.4 Å². The maximum atomic E-state index is 12.3. The number of piperidine rings is 1. The molecule has 1 aromatic heterocycles. The molecule has 0 bridgehead atoms. The van der Waals surface area contributed by atoms with Crippen molar-refractivity contribution in [2.75, 3.05) is 49.1 Å². The highest BCUT2D eigenvalue weighted by Gasteiger charge is 2.30. The van der Waals surface area contributed by atoms with Crippen molar-refractivity contribution in [1.29, 1.82) is 0 Å². The second-order valence-electron chi connectivity index (χ2n) is 7.76. The van der Waals surface area contributed by atoms with Gasteiger partial charge in [-0.2, -0.15) is 11.8 Å². The van der Waals surface area contributed by atoms with E-state index in [4.69, 9.17) is 4.98 Å². The van der Waals surface area contributed by atoms with Gasteiger partial charge in [-0.25, -0.2) is 9.97 Å². The minimum Gasteiger partial charge on any atom is -0.356 e. The number of hydrogen-bond donors (Lipinski definition) is 1. The van der Waals surface area contributed by atoms with Gasteiger partial charge < -0.3 is 10.2 Å². The van der Waals surface area contributed by atoms with Gasteiger partial charge in [0.15, 0.2) is 0 Å². The third-order valence-corrected chi connectivity index (χ3v) is 6.66. The van der Waals surface area contributed by atoms with E-state index in [0.29, 0.717) is 18.3 Å². The molecule has 0 spiro atoms. The number of amides is 1. The van der Waals surface area contributed by atoms with E-state index in [-0.39, 0.29) is 11.8 Å². The van der Waals surface area contributed by atoms with Crippen LogP contribution in [-0.4, -0.2) is 71.0 Å². The summed E-state index contributed by atoms with van der Waals surface area (Å²) in [6.45, 7) is 9.38. The zero-order chi connectivity index (χ0) is 18.1. The van der Waals surface area contributed by atoms with Crippen molar-refractivity contribution in [1.82, 2.24) is 20.2 Å². The summed E-state index contributed by atoms with van der Waals surface area (Å²) < 4.78 is 0. The quantitative estimate of drug-likeness (QED) is 0.871. The molecule has 0 unspecified atom stereocenters. The van der Waals surface area contributed by atoms with Crippen LogP contribution in [0.1, 0.15) is 54.5 Å².